The predicted molar refractivity (Wildman–Crippen MR) is 72.1 cm³/mol. The molecule has 0 N–H and O–H groups in total. The van der Waals surface area contributed by atoms with E-state index in [1.807, 2.05) is 18.2 Å². The zero-order chi connectivity index (χ0) is 12.4. The van der Waals surface area contributed by atoms with Crippen molar-refractivity contribution in [2.24, 2.45) is 5.92 Å². The van der Waals surface area contributed by atoms with Gasteiger partial charge in [-0.2, -0.15) is 5.26 Å². The predicted octanol–water partition coefficient (Wildman–Crippen LogP) is 2.95. The number of hydrogen-bond acceptors (Lipinski definition) is 2. The summed E-state index contributed by atoms with van der Waals surface area (Å²) in [6.45, 7) is 3.42. The number of piperidine rings is 1. The largest absolute Gasteiger partial charge is 0.303 e. The minimum absolute atomic E-state index is 0.235. The van der Waals surface area contributed by atoms with Crippen LogP contribution < -0.4 is 0 Å². The van der Waals surface area contributed by atoms with Crippen molar-refractivity contribution in [1.29, 1.82) is 5.26 Å². The molecule has 0 amide bonds. The lowest BCUT2D eigenvalue weighted by atomic mass is 9.74. The van der Waals surface area contributed by atoms with Crippen LogP contribution in [-0.4, -0.2) is 24.5 Å². The van der Waals surface area contributed by atoms with Crippen LogP contribution in [0.1, 0.15) is 31.2 Å². The highest BCUT2D eigenvalue weighted by Gasteiger charge is 2.37. The summed E-state index contributed by atoms with van der Waals surface area (Å²) in [5.74, 6) is 0.955. The Morgan fingerprint density at radius 2 is 1.83 bits per heavy atom. The summed E-state index contributed by atoms with van der Waals surface area (Å²) in [7, 11) is 0. The van der Waals surface area contributed by atoms with E-state index in [9.17, 15) is 5.26 Å². The van der Waals surface area contributed by atoms with E-state index in [2.05, 4.69) is 23.1 Å². The second-order valence-corrected chi connectivity index (χ2v) is 5.80. The molecular weight excluding hydrogens is 220 g/mol. The Morgan fingerprint density at radius 1 is 1.17 bits per heavy atom. The molecule has 0 atom stereocenters. The molecule has 3 rings (SSSR count). The van der Waals surface area contributed by atoms with Gasteiger partial charge >= 0.3 is 0 Å². The first-order chi connectivity index (χ1) is 8.82. The highest BCUT2D eigenvalue weighted by Crippen LogP contribution is 2.37. The van der Waals surface area contributed by atoms with Crippen molar-refractivity contribution in [2.75, 3.05) is 19.6 Å². The molecule has 1 aliphatic heterocycles. The normalized spacial score (nSPS) is 23.5. The molecule has 1 aliphatic carbocycles. The average Bonchev–Trinajstić information content (AvgIpc) is 3.25. The highest BCUT2D eigenvalue weighted by atomic mass is 15.1. The van der Waals surface area contributed by atoms with Crippen molar-refractivity contribution in [3.05, 3.63) is 35.9 Å². The molecule has 2 fully saturated rings. The second kappa shape index (κ2) is 4.74. The number of nitrogens with zero attached hydrogens (tertiary/aromatic N) is 2. The molecule has 1 aromatic rings. The SMILES string of the molecule is N#CC1(c2ccccc2)CCN(CC2CC2)CC1. The Kier molecular flexibility index (Phi) is 3.09. The van der Waals surface area contributed by atoms with E-state index in [0.717, 1.165) is 31.8 Å². The molecule has 2 nitrogen and oxygen atoms in total. The monoisotopic (exact) mass is 240 g/mol. The zero-order valence-corrected chi connectivity index (χ0v) is 10.8. The lowest BCUT2D eigenvalue weighted by molar-refractivity contribution is 0.180. The molecule has 1 saturated heterocycles. The van der Waals surface area contributed by atoms with Crippen molar-refractivity contribution in [2.45, 2.75) is 31.1 Å². The van der Waals surface area contributed by atoms with Gasteiger partial charge in [-0.3, -0.25) is 0 Å². The van der Waals surface area contributed by atoms with Gasteiger partial charge in [0, 0.05) is 6.54 Å². The summed E-state index contributed by atoms with van der Waals surface area (Å²) in [5.41, 5.74) is 0.972. The van der Waals surface area contributed by atoms with Gasteiger partial charge in [0.05, 0.1) is 11.5 Å². The summed E-state index contributed by atoms with van der Waals surface area (Å²) >= 11 is 0. The maximum Gasteiger partial charge on any atom is 0.0846 e. The molecule has 1 aromatic carbocycles. The van der Waals surface area contributed by atoms with E-state index in [4.69, 9.17) is 0 Å². The van der Waals surface area contributed by atoms with E-state index in [-0.39, 0.29) is 5.41 Å². The van der Waals surface area contributed by atoms with Crippen LogP contribution in [0.4, 0.5) is 0 Å². The first-order valence-corrected chi connectivity index (χ1v) is 7.01. The molecule has 0 radical (unpaired) electrons. The summed E-state index contributed by atoms with van der Waals surface area (Å²) < 4.78 is 0. The number of rotatable bonds is 3. The molecule has 0 unspecified atom stereocenters. The molecular formula is C16H20N2. The third-order valence-electron chi connectivity index (χ3n) is 4.46. The van der Waals surface area contributed by atoms with E-state index in [1.165, 1.54) is 24.9 Å². The molecule has 1 saturated carbocycles. The maximum absolute atomic E-state index is 9.61. The first-order valence-electron chi connectivity index (χ1n) is 7.01. The van der Waals surface area contributed by atoms with Gasteiger partial charge in [0.25, 0.3) is 0 Å². The van der Waals surface area contributed by atoms with Crippen LogP contribution in [0, 0.1) is 17.2 Å². The molecule has 0 bridgehead atoms. The Hall–Kier alpha value is -1.33. The van der Waals surface area contributed by atoms with Crippen molar-refractivity contribution in [3.8, 4) is 6.07 Å². The van der Waals surface area contributed by atoms with Gasteiger partial charge < -0.3 is 4.90 Å². The Morgan fingerprint density at radius 3 is 2.39 bits per heavy atom. The van der Waals surface area contributed by atoms with Crippen molar-refractivity contribution >= 4 is 0 Å². The zero-order valence-electron chi connectivity index (χ0n) is 10.8. The minimum atomic E-state index is -0.235. The van der Waals surface area contributed by atoms with E-state index in [1.54, 1.807) is 0 Å². The van der Waals surface area contributed by atoms with Gasteiger partial charge in [-0.25, -0.2) is 0 Å². The van der Waals surface area contributed by atoms with Crippen LogP contribution in [0.15, 0.2) is 30.3 Å². The molecule has 0 spiro atoms. The molecule has 2 heteroatoms. The highest BCUT2D eigenvalue weighted by molar-refractivity contribution is 5.33. The smallest absolute Gasteiger partial charge is 0.0846 e. The topological polar surface area (TPSA) is 27.0 Å². The minimum Gasteiger partial charge on any atom is -0.303 e. The van der Waals surface area contributed by atoms with E-state index < -0.39 is 0 Å². The van der Waals surface area contributed by atoms with Crippen LogP contribution in [0.25, 0.3) is 0 Å². The van der Waals surface area contributed by atoms with Gasteiger partial charge in [-0.05, 0) is 50.3 Å². The lowest BCUT2D eigenvalue weighted by Gasteiger charge is -2.37. The van der Waals surface area contributed by atoms with Crippen molar-refractivity contribution < 1.29 is 0 Å². The average molecular weight is 240 g/mol. The number of benzene rings is 1. The van der Waals surface area contributed by atoms with Gasteiger partial charge in [-0.15, -0.1) is 0 Å². The Labute approximate surface area is 109 Å². The van der Waals surface area contributed by atoms with Crippen LogP contribution in [0.3, 0.4) is 0 Å². The lowest BCUT2D eigenvalue weighted by Crippen LogP contribution is -2.42. The number of hydrogen-bond donors (Lipinski definition) is 0. The number of likely N-dealkylation sites (tertiary alicyclic amines) is 1. The van der Waals surface area contributed by atoms with Crippen LogP contribution in [0.5, 0.6) is 0 Å². The van der Waals surface area contributed by atoms with E-state index in [0.29, 0.717) is 0 Å². The van der Waals surface area contributed by atoms with Crippen LogP contribution in [-0.2, 0) is 5.41 Å². The quantitative estimate of drug-likeness (QED) is 0.812. The number of nitriles is 1. The van der Waals surface area contributed by atoms with Crippen LogP contribution in [0.2, 0.25) is 0 Å². The molecule has 1 heterocycles. The summed E-state index contributed by atoms with van der Waals surface area (Å²) in [6.07, 6.45) is 4.80. The molecule has 94 valence electrons. The second-order valence-electron chi connectivity index (χ2n) is 5.80. The van der Waals surface area contributed by atoms with E-state index >= 15 is 0 Å². The third-order valence-corrected chi connectivity index (χ3v) is 4.46. The van der Waals surface area contributed by atoms with Gasteiger partial charge in [0.15, 0.2) is 0 Å². The van der Waals surface area contributed by atoms with Gasteiger partial charge in [0.2, 0.25) is 0 Å². The maximum atomic E-state index is 9.61. The molecule has 2 aliphatic rings. The third kappa shape index (κ3) is 2.28. The van der Waals surface area contributed by atoms with Crippen molar-refractivity contribution in [1.82, 2.24) is 4.90 Å². The Bertz CT molecular complexity index is 434. The van der Waals surface area contributed by atoms with Gasteiger partial charge in [0.1, 0.15) is 0 Å². The fraction of sp³-hybridized carbons (Fsp3) is 0.562. The van der Waals surface area contributed by atoms with Gasteiger partial charge in [-0.1, -0.05) is 30.3 Å². The summed E-state index contributed by atoms with van der Waals surface area (Å²) in [4.78, 5) is 2.55. The standard InChI is InChI=1S/C16H20N2/c17-13-16(15-4-2-1-3-5-15)8-10-18(11-9-16)12-14-6-7-14/h1-5,14H,6-12H2. The van der Waals surface area contributed by atoms with Crippen molar-refractivity contribution in [3.63, 3.8) is 0 Å². The van der Waals surface area contributed by atoms with Crippen LogP contribution >= 0.6 is 0 Å². The molecule has 0 aromatic heterocycles. The Balaban J connectivity index is 1.69. The summed E-state index contributed by atoms with van der Waals surface area (Å²) in [6, 6.07) is 12.9. The fourth-order valence-electron chi connectivity index (χ4n) is 3.01. The first kappa shape index (κ1) is 11.7. The molecule has 18 heavy (non-hydrogen) atoms. The fourth-order valence-corrected chi connectivity index (χ4v) is 3.01. The summed E-state index contributed by atoms with van der Waals surface area (Å²) in [5, 5.41) is 9.61.